The molecule has 1 aromatic carbocycles. The fourth-order valence-corrected chi connectivity index (χ4v) is 2.18. The minimum atomic E-state index is -0.997. The fourth-order valence-electron chi connectivity index (χ4n) is 2.18. The number of aliphatic carboxylic acids is 1. The summed E-state index contributed by atoms with van der Waals surface area (Å²) in [7, 11) is 0. The summed E-state index contributed by atoms with van der Waals surface area (Å²) in [6, 6.07) is 2.99. The van der Waals surface area contributed by atoms with Crippen LogP contribution in [0.3, 0.4) is 0 Å². The number of hydrogen-bond acceptors (Lipinski definition) is 2. The van der Waals surface area contributed by atoms with Crippen LogP contribution in [0, 0.1) is 12.7 Å². The molecule has 1 fully saturated rings. The van der Waals surface area contributed by atoms with Gasteiger partial charge in [0.05, 0.1) is 0 Å². The number of rotatable bonds is 2. The Hall–Kier alpha value is -2.11. The van der Waals surface area contributed by atoms with Gasteiger partial charge in [0.25, 0.3) is 0 Å². The molecule has 1 atom stereocenters. The Bertz CT molecular complexity index is 519. The van der Waals surface area contributed by atoms with Crippen molar-refractivity contribution in [3.05, 3.63) is 29.6 Å². The molecule has 0 spiro atoms. The van der Waals surface area contributed by atoms with E-state index in [1.165, 1.54) is 23.1 Å². The third-order valence-corrected chi connectivity index (χ3v) is 3.21. The van der Waals surface area contributed by atoms with Crippen molar-refractivity contribution >= 4 is 17.7 Å². The number of carboxylic acid groups (broad SMARTS) is 1. The van der Waals surface area contributed by atoms with Gasteiger partial charge in [-0.15, -0.1) is 0 Å². The summed E-state index contributed by atoms with van der Waals surface area (Å²) in [4.78, 5) is 24.3. The molecular formula is C13H15FN2O3. The van der Waals surface area contributed by atoms with Crippen molar-refractivity contribution in [2.75, 3.05) is 11.9 Å². The van der Waals surface area contributed by atoms with E-state index in [0.29, 0.717) is 30.6 Å². The number of nitrogens with one attached hydrogen (secondary N) is 1. The maximum atomic E-state index is 13.1. The van der Waals surface area contributed by atoms with Crippen LogP contribution in [0.4, 0.5) is 14.9 Å². The number of urea groups is 1. The summed E-state index contributed by atoms with van der Waals surface area (Å²) < 4.78 is 13.1. The molecule has 1 aliphatic heterocycles. The molecule has 1 heterocycles. The van der Waals surface area contributed by atoms with Crippen LogP contribution in [0.15, 0.2) is 18.2 Å². The van der Waals surface area contributed by atoms with E-state index in [9.17, 15) is 14.0 Å². The van der Waals surface area contributed by atoms with Gasteiger partial charge in [-0.2, -0.15) is 0 Å². The number of carbonyl (C=O) groups excluding carboxylic acids is 1. The quantitative estimate of drug-likeness (QED) is 0.862. The highest BCUT2D eigenvalue weighted by molar-refractivity contribution is 5.92. The Morgan fingerprint density at radius 1 is 1.47 bits per heavy atom. The summed E-state index contributed by atoms with van der Waals surface area (Å²) in [5.74, 6) is -1.34. The van der Waals surface area contributed by atoms with Gasteiger partial charge in [-0.05, 0) is 43.5 Å². The van der Waals surface area contributed by atoms with Crippen LogP contribution in [-0.4, -0.2) is 34.6 Å². The molecule has 1 aromatic rings. The number of aryl methyl sites for hydroxylation is 1. The van der Waals surface area contributed by atoms with Gasteiger partial charge >= 0.3 is 12.0 Å². The SMILES string of the molecule is Cc1cc(NC(=O)N2CCC[C@H]2C(=O)O)ccc1F. The topological polar surface area (TPSA) is 69.6 Å². The molecule has 1 saturated heterocycles. The van der Waals surface area contributed by atoms with Gasteiger partial charge in [0, 0.05) is 12.2 Å². The predicted octanol–water partition coefficient (Wildman–Crippen LogP) is 2.22. The van der Waals surface area contributed by atoms with Crippen LogP contribution in [0.5, 0.6) is 0 Å². The maximum Gasteiger partial charge on any atom is 0.326 e. The summed E-state index contributed by atoms with van der Waals surface area (Å²) in [6.07, 6.45) is 1.14. The number of halogens is 1. The monoisotopic (exact) mass is 266 g/mol. The van der Waals surface area contributed by atoms with E-state index in [-0.39, 0.29) is 5.82 Å². The molecular weight excluding hydrogens is 251 g/mol. The Balaban J connectivity index is 2.08. The van der Waals surface area contributed by atoms with Crippen LogP contribution in [0.1, 0.15) is 18.4 Å². The zero-order valence-electron chi connectivity index (χ0n) is 10.5. The number of anilines is 1. The lowest BCUT2D eigenvalue weighted by atomic mass is 10.2. The summed E-state index contributed by atoms with van der Waals surface area (Å²) in [5.41, 5.74) is 0.883. The molecule has 102 valence electrons. The number of nitrogens with zero attached hydrogens (tertiary/aromatic N) is 1. The second-order valence-electron chi connectivity index (χ2n) is 4.58. The largest absolute Gasteiger partial charge is 0.480 e. The lowest BCUT2D eigenvalue weighted by Crippen LogP contribution is -2.42. The minimum Gasteiger partial charge on any atom is -0.480 e. The van der Waals surface area contributed by atoms with E-state index >= 15 is 0 Å². The van der Waals surface area contributed by atoms with Gasteiger partial charge in [-0.3, -0.25) is 0 Å². The Kier molecular flexibility index (Phi) is 3.69. The molecule has 0 saturated carbocycles. The van der Waals surface area contributed by atoms with Crippen molar-refractivity contribution in [1.29, 1.82) is 0 Å². The first-order valence-corrected chi connectivity index (χ1v) is 6.05. The summed E-state index contributed by atoms with van der Waals surface area (Å²) in [5, 5.41) is 11.6. The van der Waals surface area contributed by atoms with Gasteiger partial charge in [0.2, 0.25) is 0 Å². The number of amides is 2. The second kappa shape index (κ2) is 5.26. The van der Waals surface area contributed by atoms with E-state index in [1.54, 1.807) is 6.92 Å². The van der Waals surface area contributed by atoms with Crippen molar-refractivity contribution in [2.24, 2.45) is 0 Å². The maximum absolute atomic E-state index is 13.1. The molecule has 2 N–H and O–H groups in total. The third-order valence-electron chi connectivity index (χ3n) is 3.21. The van der Waals surface area contributed by atoms with E-state index in [0.717, 1.165) is 0 Å². The molecule has 0 unspecified atom stereocenters. The van der Waals surface area contributed by atoms with Crippen molar-refractivity contribution in [3.8, 4) is 0 Å². The van der Waals surface area contributed by atoms with Crippen LogP contribution in [-0.2, 0) is 4.79 Å². The molecule has 19 heavy (non-hydrogen) atoms. The average Bonchev–Trinajstić information content (AvgIpc) is 2.83. The number of hydrogen-bond donors (Lipinski definition) is 2. The first kappa shape index (κ1) is 13.3. The highest BCUT2D eigenvalue weighted by atomic mass is 19.1. The molecule has 0 bridgehead atoms. The Labute approximate surface area is 110 Å². The molecule has 2 amide bonds. The first-order valence-electron chi connectivity index (χ1n) is 6.05. The molecule has 0 aliphatic carbocycles. The fraction of sp³-hybridized carbons (Fsp3) is 0.385. The van der Waals surface area contributed by atoms with Gasteiger partial charge < -0.3 is 15.3 Å². The highest BCUT2D eigenvalue weighted by Gasteiger charge is 2.33. The lowest BCUT2D eigenvalue weighted by Gasteiger charge is -2.21. The predicted molar refractivity (Wildman–Crippen MR) is 67.5 cm³/mol. The van der Waals surface area contributed by atoms with E-state index in [2.05, 4.69) is 5.32 Å². The average molecular weight is 266 g/mol. The van der Waals surface area contributed by atoms with Crippen LogP contribution < -0.4 is 5.32 Å². The van der Waals surface area contributed by atoms with Crippen LogP contribution in [0.2, 0.25) is 0 Å². The van der Waals surface area contributed by atoms with Crippen molar-refractivity contribution in [3.63, 3.8) is 0 Å². The zero-order chi connectivity index (χ0) is 14.0. The molecule has 2 rings (SSSR count). The molecule has 1 aliphatic rings. The van der Waals surface area contributed by atoms with Gasteiger partial charge in [-0.25, -0.2) is 14.0 Å². The van der Waals surface area contributed by atoms with Crippen LogP contribution in [0.25, 0.3) is 0 Å². The zero-order valence-corrected chi connectivity index (χ0v) is 10.5. The van der Waals surface area contributed by atoms with Crippen molar-refractivity contribution in [1.82, 2.24) is 4.90 Å². The number of carbonyl (C=O) groups is 2. The smallest absolute Gasteiger partial charge is 0.326 e. The molecule has 0 aromatic heterocycles. The van der Waals surface area contributed by atoms with Gasteiger partial charge in [0.15, 0.2) is 0 Å². The number of carboxylic acids is 1. The van der Waals surface area contributed by atoms with Crippen molar-refractivity contribution < 1.29 is 19.1 Å². The summed E-state index contributed by atoms with van der Waals surface area (Å²) >= 11 is 0. The van der Waals surface area contributed by atoms with E-state index < -0.39 is 18.0 Å². The van der Waals surface area contributed by atoms with E-state index in [1.807, 2.05) is 0 Å². The van der Waals surface area contributed by atoms with E-state index in [4.69, 9.17) is 5.11 Å². The second-order valence-corrected chi connectivity index (χ2v) is 4.58. The van der Waals surface area contributed by atoms with Gasteiger partial charge in [-0.1, -0.05) is 0 Å². The normalized spacial score (nSPS) is 18.4. The first-order chi connectivity index (χ1) is 8.99. The van der Waals surface area contributed by atoms with Gasteiger partial charge in [0.1, 0.15) is 11.9 Å². The number of likely N-dealkylation sites (tertiary alicyclic amines) is 1. The van der Waals surface area contributed by atoms with Crippen LogP contribution >= 0.6 is 0 Å². The third kappa shape index (κ3) is 2.83. The molecule has 0 radical (unpaired) electrons. The molecule has 6 heteroatoms. The number of benzene rings is 1. The Morgan fingerprint density at radius 2 is 2.21 bits per heavy atom. The lowest BCUT2D eigenvalue weighted by molar-refractivity contribution is -0.141. The Morgan fingerprint density at radius 3 is 2.84 bits per heavy atom. The highest BCUT2D eigenvalue weighted by Crippen LogP contribution is 2.20. The van der Waals surface area contributed by atoms with Crippen molar-refractivity contribution in [2.45, 2.75) is 25.8 Å². The standard InChI is InChI=1S/C13H15FN2O3/c1-8-7-9(4-5-10(8)14)15-13(19)16-6-2-3-11(16)12(17)18/h4-5,7,11H,2-3,6H2,1H3,(H,15,19)(H,17,18)/t11-/m0/s1. The minimum absolute atomic E-state index is 0.345. The molecule has 5 nitrogen and oxygen atoms in total. The summed E-state index contributed by atoms with van der Waals surface area (Å²) in [6.45, 7) is 2.02.